The van der Waals surface area contributed by atoms with E-state index in [9.17, 15) is 4.79 Å². The molecule has 0 aliphatic carbocycles. The molecule has 0 aliphatic rings. The van der Waals surface area contributed by atoms with Gasteiger partial charge in [0.15, 0.2) is 0 Å². The number of rotatable bonds is 6. The summed E-state index contributed by atoms with van der Waals surface area (Å²) in [6, 6.07) is 6.83. The smallest absolute Gasteiger partial charge is 0.261 e. The molecule has 0 spiro atoms. The molecule has 0 atom stereocenters. The standard InChI is InChI=1S/C14H14Cl2N2O2/c1-20-7-3-6-18-14(19)10(9-17)8-11-12(15)4-2-5-13(11)16/h2,4-5,8H,3,6-7H2,1H3,(H,18,19). The Kier molecular flexibility index (Phi) is 7.10. The van der Waals surface area contributed by atoms with Gasteiger partial charge in [-0.15, -0.1) is 0 Å². The van der Waals surface area contributed by atoms with E-state index in [0.29, 0.717) is 35.2 Å². The van der Waals surface area contributed by atoms with Crippen molar-refractivity contribution in [3.8, 4) is 6.07 Å². The van der Waals surface area contributed by atoms with Crippen molar-refractivity contribution in [2.75, 3.05) is 20.3 Å². The first-order chi connectivity index (χ1) is 9.60. The Labute approximate surface area is 127 Å². The van der Waals surface area contributed by atoms with Crippen molar-refractivity contribution in [2.45, 2.75) is 6.42 Å². The largest absolute Gasteiger partial charge is 0.385 e. The van der Waals surface area contributed by atoms with E-state index in [1.807, 2.05) is 6.07 Å². The molecule has 20 heavy (non-hydrogen) atoms. The first-order valence-electron chi connectivity index (χ1n) is 5.93. The molecular weight excluding hydrogens is 299 g/mol. The number of hydrogen-bond donors (Lipinski definition) is 1. The Morgan fingerprint density at radius 3 is 2.65 bits per heavy atom. The second-order valence-electron chi connectivity index (χ2n) is 3.91. The summed E-state index contributed by atoms with van der Waals surface area (Å²) in [6.07, 6.45) is 2.06. The van der Waals surface area contributed by atoms with Crippen molar-refractivity contribution in [3.05, 3.63) is 39.4 Å². The summed E-state index contributed by atoms with van der Waals surface area (Å²) in [5.41, 5.74) is 0.414. The first kappa shape index (κ1) is 16.5. The molecule has 106 valence electrons. The van der Waals surface area contributed by atoms with Gasteiger partial charge in [-0.2, -0.15) is 5.26 Å². The van der Waals surface area contributed by atoms with Crippen LogP contribution in [0.5, 0.6) is 0 Å². The molecule has 0 unspecified atom stereocenters. The van der Waals surface area contributed by atoms with Gasteiger partial charge in [-0.1, -0.05) is 29.3 Å². The third kappa shape index (κ3) is 4.86. The topological polar surface area (TPSA) is 62.1 Å². The predicted octanol–water partition coefficient (Wildman–Crippen LogP) is 3.05. The maximum atomic E-state index is 11.8. The zero-order valence-corrected chi connectivity index (χ0v) is 12.5. The molecule has 1 rings (SSSR count). The number of methoxy groups -OCH3 is 1. The van der Waals surface area contributed by atoms with E-state index in [1.54, 1.807) is 25.3 Å². The van der Waals surface area contributed by atoms with E-state index in [0.717, 1.165) is 0 Å². The molecule has 6 heteroatoms. The highest BCUT2D eigenvalue weighted by Gasteiger charge is 2.11. The number of benzene rings is 1. The summed E-state index contributed by atoms with van der Waals surface area (Å²) in [4.78, 5) is 11.8. The van der Waals surface area contributed by atoms with E-state index in [2.05, 4.69) is 5.32 Å². The molecule has 1 aromatic carbocycles. The highest BCUT2D eigenvalue weighted by molar-refractivity contribution is 6.37. The Morgan fingerprint density at radius 2 is 2.10 bits per heavy atom. The van der Waals surface area contributed by atoms with Crippen LogP contribution in [0.25, 0.3) is 6.08 Å². The van der Waals surface area contributed by atoms with Crippen LogP contribution in [0.3, 0.4) is 0 Å². The SMILES string of the molecule is COCCCNC(=O)C(C#N)=Cc1c(Cl)cccc1Cl. The molecule has 0 aliphatic heterocycles. The molecule has 0 radical (unpaired) electrons. The van der Waals surface area contributed by atoms with Crippen LogP contribution in [0, 0.1) is 11.3 Å². The molecule has 0 bridgehead atoms. The summed E-state index contributed by atoms with van der Waals surface area (Å²) in [7, 11) is 1.59. The number of nitriles is 1. The van der Waals surface area contributed by atoms with Crippen LogP contribution in [0.1, 0.15) is 12.0 Å². The van der Waals surface area contributed by atoms with Gasteiger partial charge in [0.05, 0.1) is 0 Å². The molecule has 1 N–H and O–H groups in total. The monoisotopic (exact) mass is 312 g/mol. The lowest BCUT2D eigenvalue weighted by Crippen LogP contribution is -2.26. The van der Waals surface area contributed by atoms with Gasteiger partial charge in [0, 0.05) is 35.9 Å². The van der Waals surface area contributed by atoms with Gasteiger partial charge in [-0.05, 0) is 24.6 Å². The van der Waals surface area contributed by atoms with Crippen LogP contribution < -0.4 is 5.32 Å². The fourth-order valence-electron chi connectivity index (χ4n) is 1.46. The zero-order valence-electron chi connectivity index (χ0n) is 11.0. The van der Waals surface area contributed by atoms with Gasteiger partial charge in [-0.25, -0.2) is 0 Å². The van der Waals surface area contributed by atoms with Crippen molar-refractivity contribution in [3.63, 3.8) is 0 Å². The molecule has 1 aromatic rings. The maximum absolute atomic E-state index is 11.8. The summed E-state index contributed by atoms with van der Waals surface area (Å²) in [5, 5.41) is 12.5. The quantitative estimate of drug-likeness (QED) is 0.499. The Bertz CT molecular complexity index is 530. The van der Waals surface area contributed by atoms with Crippen molar-refractivity contribution in [2.24, 2.45) is 0 Å². The number of amides is 1. The van der Waals surface area contributed by atoms with Gasteiger partial charge in [0.1, 0.15) is 11.6 Å². The van der Waals surface area contributed by atoms with Gasteiger partial charge in [0.2, 0.25) is 0 Å². The second-order valence-corrected chi connectivity index (χ2v) is 4.72. The zero-order chi connectivity index (χ0) is 15.0. The first-order valence-corrected chi connectivity index (χ1v) is 6.68. The highest BCUT2D eigenvalue weighted by Crippen LogP contribution is 2.26. The van der Waals surface area contributed by atoms with E-state index >= 15 is 0 Å². The molecule has 0 aromatic heterocycles. The van der Waals surface area contributed by atoms with Crippen LogP contribution in [-0.2, 0) is 9.53 Å². The molecule has 1 amide bonds. The number of hydrogen-bond acceptors (Lipinski definition) is 3. The maximum Gasteiger partial charge on any atom is 0.261 e. The predicted molar refractivity (Wildman–Crippen MR) is 79.6 cm³/mol. The lowest BCUT2D eigenvalue weighted by atomic mass is 10.1. The lowest BCUT2D eigenvalue weighted by Gasteiger charge is -2.05. The molecule has 0 saturated heterocycles. The third-order valence-corrected chi connectivity index (χ3v) is 3.12. The van der Waals surface area contributed by atoms with Crippen LogP contribution in [-0.4, -0.2) is 26.2 Å². The van der Waals surface area contributed by atoms with E-state index < -0.39 is 5.91 Å². The third-order valence-electron chi connectivity index (χ3n) is 2.46. The van der Waals surface area contributed by atoms with Gasteiger partial charge < -0.3 is 10.1 Å². The van der Waals surface area contributed by atoms with E-state index in [1.165, 1.54) is 6.08 Å². The minimum Gasteiger partial charge on any atom is -0.385 e. The number of carbonyl (C=O) groups excluding carboxylic acids is 1. The number of ether oxygens (including phenoxy) is 1. The van der Waals surface area contributed by atoms with E-state index in [-0.39, 0.29) is 5.57 Å². The van der Waals surface area contributed by atoms with Crippen molar-refractivity contribution in [1.82, 2.24) is 5.32 Å². The minimum absolute atomic E-state index is 0.0441. The Morgan fingerprint density at radius 1 is 1.45 bits per heavy atom. The number of carbonyl (C=O) groups is 1. The van der Waals surface area contributed by atoms with Gasteiger partial charge in [-0.3, -0.25) is 4.79 Å². The number of halogens is 2. The molecule has 0 heterocycles. The lowest BCUT2D eigenvalue weighted by molar-refractivity contribution is -0.117. The summed E-state index contributed by atoms with van der Waals surface area (Å²) in [5.74, 6) is -0.459. The minimum atomic E-state index is -0.459. The Hall–Kier alpha value is -1.54. The summed E-state index contributed by atoms with van der Waals surface area (Å²) in [6.45, 7) is 0.976. The fraction of sp³-hybridized carbons (Fsp3) is 0.286. The summed E-state index contributed by atoms with van der Waals surface area (Å²) < 4.78 is 4.87. The van der Waals surface area contributed by atoms with Crippen molar-refractivity contribution >= 4 is 35.2 Å². The average Bonchev–Trinajstić information content (AvgIpc) is 2.43. The Balaban J connectivity index is 2.82. The van der Waals surface area contributed by atoms with Crippen molar-refractivity contribution < 1.29 is 9.53 Å². The second kappa shape index (κ2) is 8.60. The van der Waals surface area contributed by atoms with Gasteiger partial charge in [0.25, 0.3) is 5.91 Å². The average molecular weight is 313 g/mol. The molecule has 4 nitrogen and oxygen atoms in total. The van der Waals surface area contributed by atoms with Crippen LogP contribution in [0.4, 0.5) is 0 Å². The highest BCUT2D eigenvalue weighted by atomic mass is 35.5. The van der Waals surface area contributed by atoms with E-state index in [4.69, 9.17) is 33.2 Å². The van der Waals surface area contributed by atoms with Crippen LogP contribution in [0.15, 0.2) is 23.8 Å². The summed E-state index contributed by atoms with van der Waals surface area (Å²) >= 11 is 12.0. The van der Waals surface area contributed by atoms with Crippen molar-refractivity contribution in [1.29, 1.82) is 5.26 Å². The molecule has 0 fully saturated rings. The number of nitrogens with zero attached hydrogens (tertiary/aromatic N) is 1. The molecule has 0 saturated carbocycles. The van der Waals surface area contributed by atoms with Gasteiger partial charge >= 0.3 is 0 Å². The van der Waals surface area contributed by atoms with Crippen LogP contribution in [0.2, 0.25) is 10.0 Å². The van der Waals surface area contributed by atoms with Crippen LogP contribution >= 0.6 is 23.2 Å². The normalized spacial score (nSPS) is 11.0. The molecular formula is C14H14Cl2N2O2. The fourth-order valence-corrected chi connectivity index (χ4v) is 1.96. The number of nitrogens with one attached hydrogen (secondary N) is 1.